The minimum absolute atomic E-state index is 0.0385. The van der Waals surface area contributed by atoms with Crippen molar-refractivity contribution >= 4 is 11.8 Å². The van der Waals surface area contributed by atoms with Crippen molar-refractivity contribution < 1.29 is 14.3 Å². The minimum Gasteiger partial charge on any atom is -0.366 e. The van der Waals surface area contributed by atoms with Crippen LogP contribution in [0.1, 0.15) is 27.2 Å². The molecule has 0 atom stereocenters. The SMILES string of the molecule is CC(C)(C)OCC(=O)N1CCCNC(=O)C1. The Hall–Kier alpha value is -1.10. The van der Waals surface area contributed by atoms with E-state index in [2.05, 4.69) is 5.32 Å². The number of nitrogens with one attached hydrogen (secondary N) is 1. The molecule has 1 fully saturated rings. The van der Waals surface area contributed by atoms with E-state index >= 15 is 0 Å². The highest BCUT2D eigenvalue weighted by Crippen LogP contribution is 2.07. The van der Waals surface area contributed by atoms with Crippen LogP contribution in [-0.2, 0) is 14.3 Å². The molecule has 0 aromatic heterocycles. The average molecular weight is 228 g/mol. The summed E-state index contributed by atoms with van der Waals surface area (Å²) in [5.41, 5.74) is -0.330. The molecule has 16 heavy (non-hydrogen) atoms. The van der Waals surface area contributed by atoms with Crippen molar-refractivity contribution in [1.82, 2.24) is 10.2 Å². The molecule has 5 nitrogen and oxygen atoms in total. The predicted octanol–water partition coefficient (Wildman–Crippen LogP) is 0.150. The molecular formula is C11H20N2O3. The number of hydrogen-bond donors (Lipinski definition) is 1. The summed E-state index contributed by atoms with van der Waals surface area (Å²) in [6.45, 7) is 7.14. The van der Waals surface area contributed by atoms with Gasteiger partial charge in [0.1, 0.15) is 6.61 Å². The van der Waals surface area contributed by atoms with Crippen LogP contribution in [-0.4, -0.2) is 48.6 Å². The normalized spacial score (nSPS) is 17.9. The van der Waals surface area contributed by atoms with Gasteiger partial charge in [-0.2, -0.15) is 0 Å². The Labute approximate surface area is 96.1 Å². The van der Waals surface area contributed by atoms with Crippen LogP contribution >= 0.6 is 0 Å². The van der Waals surface area contributed by atoms with Crippen molar-refractivity contribution in [3.63, 3.8) is 0 Å². The third-order valence-corrected chi connectivity index (χ3v) is 2.24. The second-order valence-corrected chi connectivity index (χ2v) is 4.92. The second kappa shape index (κ2) is 5.30. The van der Waals surface area contributed by atoms with Crippen molar-refractivity contribution in [2.75, 3.05) is 26.2 Å². The summed E-state index contributed by atoms with van der Waals surface area (Å²) in [4.78, 5) is 24.6. The average Bonchev–Trinajstić information content (AvgIpc) is 2.38. The number of nitrogens with zero attached hydrogens (tertiary/aromatic N) is 1. The summed E-state index contributed by atoms with van der Waals surface area (Å²) in [5, 5.41) is 2.73. The lowest BCUT2D eigenvalue weighted by atomic mass is 10.2. The third kappa shape index (κ3) is 4.61. The first-order chi connectivity index (χ1) is 7.38. The van der Waals surface area contributed by atoms with Crippen LogP contribution in [0.4, 0.5) is 0 Å². The van der Waals surface area contributed by atoms with Gasteiger partial charge in [0, 0.05) is 13.1 Å². The number of carbonyl (C=O) groups excluding carboxylic acids is 2. The monoisotopic (exact) mass is 228 g/mol. The lowest BCUT2D eigenvalue weighted by Crippen LogP contribution is -2.40. The van der Waals surface area contributed by atoms with Crippen LogP contribution < -0.4 is 5.32 Å². The maximum Gasteiger partial charge on any atom is 0.249 e. The van der Waals surface area contributed by atoms with Gasteiger partial charge in [0.25, 0.3) is 0 Å². The molecule has 5 heteroatoms. The van der Waals surface area contributed by atoms with Crippen molar-refractivity contribution in [2.24, 2.45) is 0 Å². The lowest BCUT2D eigenvalue weighted by Gasteiger charge is -2.23. The van der Waals surface area contributed by atoms with Gasteiger partial charge in [-0.1, -0.05) is 0 Å². The highest BCUT2D eigenvalue weighted by atomic mass is 16.5. The molecule has 1 heterocycles. The van der Waals surface area contributed by atoms with Crippen LogP contribution in [0.5, 0.6) is 0 Å². The number of hydrogen-bond acceptors (Lipinski definition) is 3. The highest BCUT2D eigenvalue weighted by molar-refractivity contribution is 5.85. The highest BCUT2D eigenvalue weighted by Gasteiger charge is 2.21. The maximum absolute atomic E-state index is 11.8. The minimum atomic E-state index is -0.330. The Bertz CT molecular complexity index is 271. The number of rotatable bonds is 2. The smallest absolute Gasteiger partial charge is 0.249 e. The lowest BCUT2D eigenvalue weighted by molar-refractivity contribution is -0.143. The van der Waals surface area contributed by atoms with Gasteiger partial charge >= 0.3 is 0 Å². The first kappa shape index (κ1) is 13.0. The Balaban J connectivity index is 2.43. The van der Waals surface area contributed by atoms with Crippen molar-refractivity contribution in [3.8, 4) is 0 Å². The van der Waals surface area contributed by atoms with Crippen LogP contribution in [0.3, 0.4) is 0 Å². The van der Waals surface area contributed by atoms with Crippen LogP contribution in [0.25, 0.3) is 0 Å². The molecule has 0 unspecified atom stereocenters. The van der Waals surface area contributed by atoms with E-state index in [1.165, 1.54) is 0 Å². The first-order valence-corrected chi connectivity index (χ1v) is 5.57. The molecule has 0 spiro atoms. The topological polar surface area (TPSA) is 58.6 Å². The van der Waals surface area contributed by atoms with Crippen LogP contribution in [0.2, 0.25) is 0 Å². The Morgan fingerprint density at radius 2 is 2.19 bits per heavy atom. The fourth-order valence-electron chi connectivity index (χ4n) is 1.39. The molecule has 1 rings (SSSR count). The molecule has 0 aliphatic carbocycles. The van der Waals surface area contributed by atoms with Crippen molar-refractivity contribution in [2.45, 2.75) is 32.8 Å². The van der Waals surface area contributed by atoms with Crippen LogP contribution in [0.15, 0.2) is 0 Å². The van der Waals surface area contributed by atoms with E-state index in [0.717, 1.165) is 6.42 Å². The van der Waals surface area contributed by atoms with E-state index in [0.29, 0.717) is 13.1 Å². The molecule has 1 aliphatic rings. The molecule has 1 N–H and O–H groups in total. The maximum atomic E-state index is 11.8. The van der Waals surface area contributed by atoms with Gasteiger partial charge in [0.2, 0.25) is 11.8 Å². The molecule has 0 saturated carbocycles. The van der Waals surface area contributed by atoms with E-state index in [-0.39, 0.29) is 30.6 Å². The van der Waals surface area contributed by atoms with Gasteiger partial charge in [0.15, 0.2) is 0 Å². The van der Waals surface area contributed by atoms with Gasteiger partial charge in [0.05, 0.1) is 12.1 Å². The second-order valence-electron chi connectivity index (χ2n) is 4.92. The molecule has 2 amide bonds. The quantitative estimate of drug-likeness (QED) is 0.732. The number of carbonyl (C=O) groups is 2. The Morgan fingerprint density at radius 1 is 1.50 bits per heavy atom. The summed E-state index contributed by atoms with van der Waals surface area (Å²) in [6.07, 6.45) is 0.799. The van der Waals surface area contributed by atoms with E-state index in [9.17, 15) is 9.59 Å². The zero-order chi connectivity index (χ0) is 12.2. The van der Waals surface area contributed by atoms with Gasteiger partial charge in [-0.15, -0.1) is 0 Å². The van der Waals surface area contributed by atoms with Gasteiger partial charge < -0.3 is 15.0 Å². The summed E-state index contributed by atoms with van der Waals surface area (Å²) >= 11 is 0. The molecule has 1 saturated heterocycles. The fraction of sp³-hybridized carbons (Fsp3) is 0.818. The summed E-state index contributed by atoms with van der Waals surface area (Å²) in [6, 6.07) is 0. The van der Waals surface area contributed by atoms with Gasteiger partial charge in [-0.25, -0.2) is 0 Å². The number of amides is 2. The zero-order valence-corrected chi connectivity index (χ0v) is 10.2. The molecule has 0 bridgehead atoms. The first-order valence-electron chi connectivity index (χ1n) is 5.57. The largest absolute Gasteiger partial charge is 0.366 e. The fourth-order valence-corrected chi connectivity index (χ4v) is 1.39. The Kier molecular flexibility index (Phi) is 4.29. The van der Waals surface area contributed by atoms with Crippen molar-refractivity contribution in [1.29, 1.82) is 0 Å². The van der Waals surface area contributed by atoms with Crippen LogP contribution in [0, 0.1) is 0 Å². The molecule has 0 radical (unpaired) electrons. The van der Waals surface area contributed by atoms with Gasteiger partial charge in [-0.3, -0.25) is 9.59 Å². The molecule has 0 aromatic carbocycles. The standard InChI is InChI=1S/C11H20N2O3/c1-11(2,3)16-8-10(15)13-6-4-5-12-9(14)7-13/h4-8H2,1-3H3,(H,12,14). The van der Waals surface area contributed by atoms with E-state index in [1.54, 1.807) is 4.90 Å². The Morgan fingerprint density at radius 3 is 2.81 bits per heavy atom. The third-order valence-electron chi connectivity index (χ3n) is 2.24. The van der Waals surface area contributed by atoms with Crippen molar-refractivity contribution in [3.05, 3.63) is 0 Å². The summed E-state index contributed by atoms with van der Waals surface area (Å²) in [7, 11) is 0. The summed E-state index contributed by atoms with van der Waals surface area (Å²) < 4.78 is 5.40. The molecule has 92 valence electrons. The predicted molar refractivity (Wildman–Crippen MR) is 59.9 cm³/mol. The molecule has 0 aromatic rings. The van der Waals surface area contributed by atoms with Gasteiger partial charge in [-0.05, 0) is 27.2 Å². The summed E-state index contributed by atoms with van der Waals surface area (Å²) in [5.74, 6) is -0.214. The zero-order valence-electron chi connectivity index (χ0n) is 10.2. The molecular weight excluding hydrogens is 208 g/mol. The van der Waals surface area contributed by atoms with E-state index in [4.69, 9.17) is 4.74 Å². The van der Waals surface area contributed by atoms with E-state index < -0.39 is 0 Å². The number of ether oxygens (including phenoxy) is 1. The molecule has 1 aliphatic heterocycles. The van der Waals surface area contributed by atoms with E-state index in [1.807, 2.05) is 20.8 Å².